The molecule has 2 atom stereocenters. The minimum Gasteiger partial charge on any atom is -0.472 e. The lowest BCUT2D eigenvalue weighted by atomic mass is 10.0. The van der Waals surface area contributed by atoms with Crippen molar-refractivity contribution in [1.82, 2.24) is 25.1 Å². The van der Waals surface area contributed by atoms with Gasteiger partial charge in [0.15, 0.2) is 0 Å². The van der Waals surface area contributed by atoms with Gasteiger partial charge >= 0.3 is 0 Å². The minimum atomic E-state index is -0.928. The highest BCUT2D eigenvalue weighted by molar-refractivity contribution is 5.69. The predicted molar refractivity (Wildman–Crippen MR) is 112 cm³/mol. The highest BCUT2D eigenvalue weighted by Gasteiger charge is 2.33. The molecule has 0 radical (unpaired) electrons. The molecule has 3 aliphatic heterocycles. The van der Waals surface area contributed by atoms with Gasteiger partial charge in [-0.3, -0.25) is 0 Å². The molecule has 160 valence electrons. The molecule has 0 spiro atoms. The molecule has 9 heteroatoms. The summed E-state index contributed by atoms with van der Waals surface area (Å²) in [4.78, 5) is 10.9. The van der Waals surface area contributed by atoms with Crippen LogP contribution in [0.3, 0.4) is 0 Å². The second-order valence-electron chi connectivity index (χ2n) is 8.23. The van der Waals surface area contributed by atoms with Crippen molar-refractivity contribution in [3.05, 3.63) is 48.4 Å². The van der Waals surface area contributed by atoms with Gasteiger partial charge in [0.1, 0.15) is 24.3 Å². The van der Waals surface area contributed by atoms with Crippen LogP contribution in [0.1, 0.15) is 12.0 Å². The summed E-state index contributed by atoms with van der Waals surface area (Å²) in [5.41, 5.74) is 3.63. The molecule has 2 unspecified atom stereocenters. The zero-order valence-electron chi connectivity index (χ0n) is 16.9. The molecule has 6 rings (SSSR count). The molecule has 0 bridgehead atoms. The Balaban J connectivity index is 1.17. The summed E-state index contributed by atoms with van der Waals surface area (Å²) in [7, 11) is 0. The van der Waals surface area contributed by atoms with E-state index >= 15 is 0 Å². The van der Waals surface area contributed by atoms with Crippen molar-refractivity contribution in [3.63, 3.8) is 0 Å². The topological polar surface area (TPSA) is 77.3 Å². The van der Waals surface area contributed by atoms with Crippen LogP contribution in [-0.4, -0.2) is 64.3 Å². The van der Waals surface area contributed by atoms with Gasteiger partial charge in [-0.05, 0) is 30.7 Å². The van der Waals surface area contributed by atoms with Crippen molar-refractivity contribution in [2.75, 3.05) is 31.2 Å². The Morgan fingerprint density at radius 3 is 2.87 bits per heavy atom. The Hall–Kier alpha value is -3.04. The van der Waals surface area contributed by atoms with Crippen LogP contribution in [-0.2, 0) is 11.3 Å². The van der Waals surface area contributed by atoms with Crippen LogP contribution in [0.5, 0.6) is 5.88 Å². The highest BCUT2D eigenvalue weighted by Crippen LogP contribution is 2.35. The average molecular weight is 422 g/mol. The lowest BCUT2D eigenvalue weighted by Crippen LogP contribution is -2.58. The smallest absolute Gasteiger partial charge is 0.223 e. The first-order valence-corrected chi connectivity index (χ1v) is 10.6. The molecule has 3 aromatic heterocycles. The van der Waals surface area contributed by atoms with Gasteiger partial charge in [0.2, 0.25) is 5.88 Å². The summed E-state index contributed by atoms with van der Waals surface area (Å²) in [5, 5.41) is 8.10. The van der Waals surface area contributed by atoms with Gasteiger partial charge in [-0.25, -0.2) is 19.0 Å². The van der Waals surface area contributed by atoms with Crippen molar-refractivity contribution >= 4 is 5.82 Å². The van der Waals surface area contributed by atoms with Gasteiger partial charge in [0, 0.05) is 30.5 Å². The fraction of sp³-hybridized carbons (Fsp3) is 0.409. The normalized spacial score (nSPS) is 22.9. The van der Waals surface area contributed by atoms with Gasteiger partial charge < -0.3 is 19.7 Å². The number of aromatic nitrogens is 4. The van der Waals surface area contributed by atoms with Crippen molar-refractivity contribution in [1.29, 1.82) is 0 Å². The summed E-state index contributed by atoms with van der Waals surface area (Å²) in [6.45, 7) is 2.92. The molecule has 0 saturated carbocycles. The third-order valence-electron chi connectivity index (χ3n) is 6.13. The number of nitrogens with one attached hydrogen (secondary N) is 1. The summed E-state index contributed by atoms with van der Waals surface area (Å²) in [5.74, 6) is 1.39. The zero-order valence-corrected chi connectivity index (χ0v) is 16.9. The van der Waals surface area contributed by atoms with E-state index in [2.05, 4.69) is 15.3 Å². The van der Waals surface area contributed by atoms with E-state index in [4.69, 9.17) is 14.6 Å². The summed E-state index contributed by atoms with van der Waals surface area (Å²) in [6, 6.07) is 7.92. The second kappa shape index (κ2) is 7.58. The highest BCUT2D eigenvalue weighted by atomic mass is 19.1. The van der Waals surface area contributed by atoms with Gasteiger partial charge in [-0.2, -0.15) is 5.10 Å². The van der Waals surface area contributed by atoms with E-state index in [1.165, 1.54) is 0 Å². The summed E-state index contributed by atoms with van der Waals surface area (Å²) >= 11 is 0. The number of rotatable bonds is 4. The molecule has 1 N–H and O–H groups in total. The van der Waals surface area contributed by atoms with Gasteiger partial charge in [0.05, 0.1) is 43.2 Å². The molecule has 6 heterocycles. The number of halogens is 1. The number of piperidine rings is 1. The van der Waals surface area contributed by atoms with Crippen molar-refractivity contribution < 1.29 is 13.9 Å². The number of hydrogen-bond donors (Lipinski definition) is 1. The molecule has 8 nitrogen and oxygen atoms in total. The molecular formula is C22H23FN6O2. The first kappa shape index (κ1) is 18.7. The van der Waals surface area contributed by atoms with E-state index in [0.29, 0.717) is 38.3 Å². The Morgan fingerprint density at radius 2 is 2.10 bits per heavy atom. The first-order chi connectivity index (χ1) is 15.2. The fourth-order valence-corrected chi connectivity index (χ4v) is 4.34. The average Bonchev–Trinajstić information content (AvgIpc) is 3.22. The quantitative estimate of drug-likeness (QED) is 0.690. The van der Waals surface area contributed by atoms with Crippen LogP contribution in [0.4, 0.5) is 10.2 Å². The van der Waals surface area contributed by atoms with E-state index in [0.717, 1.165) is 41.3 Å². The largest absolute Gasteiger partial charge is 0.472 e. The molecule has 2 fully saturated rings. The number of fused-ring (bicyclic) bond motifs is 3. The van der Waals surface area contributed by atoms with Crippen molar-refractivity contribution in [2.45, 2.75) is 31.3 Å². The Morgan fingerprint density at radius 1 is 1.16 bits per heavy atom. The predicted octanol–water partition coefficient (Wildman–Crippen LogP) is 2.13. The number of nitrogens with zero attached hydrogens (tertiary/aromatic N) is 5. The third-order valence-corrected chi connectivity index (χ3v) is 6.13. The maximum absolute atomic E-state index is 14.7. The molecule has 0 aromatic carbocycles. The van der Waals surface area contributed by atoms with E-state index in [1.807, 2.05) is 40.0 Å². The zero-order chi connectivity index (χ0) is 20.8. The van der Waals surface area contributed by atoms with E-state index in [9.17, 15) is 4.39 Å². The lowest BCUT2D eigenvalue weighted by molar-refractivity contribution is -0.0159. The minimum absolute atomic E-state index is 0.112. The third kappa shape index (κ3) is 3.43. The number of anilines is 1. The van der Waals surface area contributed by atoms with Crippen LogP contribution >= 0.6 is 0 Å². The fourth-order valence-electron chi connectivity index (χ4n) is 4.34. The lowest BCUT2D eigenvalue weighted by Gasteiger charge is -2.39. The standard InChI is InChI=1S/C22H23FN6O2/c23-18-10-28(7-5-19(18)26-15-12-30-13-15)20-4-3-16(8-25-20)29-9-14-11-31-22-17(21(14)27-29)2-1-6-24-22/h1-4,6,8-9,15,18-19,26H,5,7,10-13H2. The van der Waals surface area contributed by atoms with Crippen LogP contribution in [0.2, 0.25) is 0 Å². The van der Waals surface area contributed by atoms with Crippen LogP contribution < -0.4 is 15.0 Å². The molecule has 3 aromatic rings. The van der Waals surface area contributed by atoms with E-state index in [-0.39, 0.29) is 6.04 Å². The van der Waals surface area contributed by atoms with Crippen LogP contribution in [0.15, 0.2) is 42.9 Å². The SMILES string of the molecule is FC1CN(c2ccc(-n3cc4c(n3)-c3cccnc3OC4)cn2)CCC1NC1COC1. The maximum atomic E-state index is 14.7. The second-order valence-corrected chi connectivity index (χ2v) is 8.23. The van der Waals surface area contributed by atoms with Gasteiger partial charge in [0.25, 0.3) is 0 Å². The van der Waals surface area contributed by atoms with Crippen LogP contribution in [0.25, 0.3) is 16.9 Å². The molecular weight excluding hydrogens is 399 g/mol. The molecule has 3 aliphatic rings. The van der Waals surface area contributed by atoms with Gasteiger partial charge in [-0.15, -0.1) is 0 Å². The molecule has 2 saturated heterocycles. The number of alkyl halides is 1. The summed E-state index contributed by atoms with van der Waals surface area (Å²) < 4.78 is 27.4. The first-order valence-electron chi connectivity index (χ1n) is 10.6. The van der Waals surface area contributed by atoms with E-state index < -0.39 is 6.17 Å². The number of ether oxygens (including phenoxy) is 2. The Kier molecular flexibility index (Phi) is 4.57. The monoisotopic (exact) mass is 422 g/mol. The molecule has 0 amide bonds. The Labute approximate surface area is 179 Å². The van der Waals surface area contributed by atoms with Crippen molar-refractivity contribution in [2.24, 2.45) is 0 Å². The molecule has 31 heavy (non-hydrogen) atoms. The van der Waals surface area contributed by atoms with Crippen molar-refractivity contribution in [3.8, 4) is 22.8 Å². The maximum Gasteiger partial charge on any atom is 0.223 e. The number of hydrogen-bond acceptors (Lipinski definition) is 7. The Bertz CT molecular complexity index is 1080. The van der Waals surface area contributed by atoms with E-state index in [1.54, 1.807) is 12.4 Å². The van der Waals surface area contributed by atoms with Gasteiger partial charge in [-0.1, -0.05) is 0 Å². The molecule has 0 aliphatic carbocycles. The number of pyridine rings is 2. The van der Waals surface area contributed by atoms with Crippen LogP contribution in [0, 0.1) is 0 Å². The summed E-state index contributed by atoms with van der Waals surface area (Å²) in [6.07, 6.45) is 5.28.